The maximum Gasteiger partial charge on any atom is 0.274 e. The lowest BCUT2D eigenvalue weighted by Crippen LogP contribution is -2.38. The van der Waals surface area contributed by atoms with Gasteiger partial charge in [0.25, 0.3) is 5.91 Å². The lowest BCUT2D eigenvalue weighted by atomic mass is 10.2. The molecule has 0 fully saturated rings. The Bertz CT molecular complexity index is 367. The minimum Gasteiger partial charge on any atom is -0.383 e. The van der Waals surface area contributed by atoms with Crippen LogP contribution in [0.25, 0.3) is 0 Å². The molecule has 1 atom stereocenters. The largest absolute Gasteiger partial charge is 0.383 e. The molecule has 0 saturated carbocycles. The summed E-state index contributed by atoms with van der Waals surface area (Å²) >= 11 is 0. The Hall–Kier alpha value is -1.73. The van der Waals surface area contributed by atoms with Gasteiger partial charge in [-0.3, -0.25) is 4.79 Å². The molecule has 0 saturated heterocycles. The summed E-state index contributed by atoms with van der Waals surface area (Å²) in [5.74, 6) is 5.37. The van der Waals surface area contributed by atoms with E-state index < -0.39 is 0 Å². The van der Waals surface area contributed by atoms with Gasteiger partial charge in [-0.1, -0.05) is 0 Å². The van der Waals surface area contributed by atoms with Gasteiger partial charge in [-0.25, -0.2) is 5.84 Å². The summed E-state index contributed by atoms with van der Waals surface area (Å²) in [5, 5.41) is 7.53. The Morgan fingerprint density at radius 3 is 2.76 bits per heavy atom. The summed E-state index contributed by atoms with van der Waals surface area (Å²) in [4.78, 5) is 13.5. The fraction of sp³-hybridized carbons (Fsp3) is 0.500. The van der Waals surface area contributed by atoms with E-state index in [1.54, 1.807) is 31.2 Å². The van der Waals surface area contributed by atoms with Crippen LogP contribution < -0.4 is 11.3 Å². The zero-order valence-electron chi connectivity index (χ0n) is 10.2. The van der Waals surface area contributed by atoms with Crippen molar-refractivity contribution >= 4 is 11.7 Å². The molecule has 0 bridgehead atoms. The first kappa shape index (κ1) is 13.3. The lowest BCUT2D eigenvalue weighted by Gasteiger charge is -2.23. The van der Waals surface area contributed by atoms with Crippen molar-refractivity contribution in [2.75, 3.05) is 26.2 Å². The van der Waals surface area contributed by atoms with Crippen molar-refractivity contribution in [1.82, 2.24) is 15.1 Å². The molecule has 0 aliphatic rings. The second-order valence-electron chi connectivity index (χ2n) is 3.67. The Balaban J connectivity index is 2.74. The Morgan fingerprint density at radius 2 is 2.29 bits per heavy atom. The molecule has 1 amide bonds. The van der Waals surface area contributed by atoms with E-state index in [0.717, 1.165) is 0 Å². The van der Waals surface area contributed by atoms with Crippen LogP contribution in [0.3, 0.4) is 0 Å². The van der Waals surface area contributed by atoms with Crippen molar-refractivity contribution in [2.24, 2.45) is 5.84 Å². The number of methoxy groups -OCH3 is 1. The average molecular weight is 239 g/mol. The number of likely N-dealkylation sites (N-methyl/N-ethyl adjacent to an activating group) is 1. The highest BCUT2D eigenvalue weighted by molar-refractivity contribution is 5.92. The van der Waals surface area contributed by atoms with Gasteiger partial charge in [0.05, 0.1) is 12.6 Å². The molecular weight excluding hydrogens is 222 g/mol. The summed E-state index contributed by atoms with van der Waals surface area (Å²) in [7, 11) is 3.29. The number of aromatic nitrogens is 2. The van der Waals surface area contributed by atoms with Crippen molar-refractivity contribution < 1.29 is 9.53 Å². The topological polar surface area (TPSA) is 93.4 Å². The molecule has 1 aromatic rings. The number of rotatable bonds is 5. The van der Waals surface area contributed by atoms with Gasteiger partial charge in [0.2, 0.25) is 0 Å². The molecule has 1 unspecified atom stereocenters. The number of amides is 1. The van der Waals surface area contributed by atoms with Crippen LogP contribution in [0, 0.1) is 0 Å². The predicted octanol–water partition coefficient (Wildman–Crippen LogP) is -0.131. The molecule has 1 aromatic heterocycles. The van der Waals surface area contributed by atoms with E-state index in [1.165, 1.54) is 0 Å². The van der Waals surface area contributed by atoms with Crippen LogP contribution in [-0.2, 0) is 4.74 Å². The van der Waals surface area contributed by atoms with Gasteiger partial charge in [0.1, 0.15) is 0 Å². The predicted molar refractivity (Wildman–Crippen MR) is 63.3 cm³/mol. The molecular formula is C10H17N5O2. The third kappa shape index (κ3) is 3.36. The Kier molecular flexibility index (Phi) is 4.80. The second kappa shape index (κ2) is 6.12. The zero-order valence-corrected chi connectivity index (χ0v) is 10.2. The first-order valence-corrected chi connectivity index (χ1v) is 5.16. The molecule has 0 radical (unpaired) electrons. The third-order valence-electron chi connectivity index (χ3n) is 2.42. The molecule has 0 aromatic carbocycles. The molecule has 7 nitrogen and oxygen atoms in total. The summed E-state index contributed by atoms with van der Waals surface area (Å²) in [6, 6.07) is 3.14. The van der Waals surface area contributed by atoms with Gasteiger partial charge in [0, 0.05) is 14.2 Å². The number of ether oxygens (including phenoxy) is 1. The van der Waals surface area contributed by atoms with Crippen molar-refractivity contribution in [2.45, 2.75) is 13.0 Å². The van der Waals surface area contributed by atoms with Crippen LogP contribution in [0.5, 0.6) is 0 Å². The van der Waals surface area contributed by atoms with E-state index in [-0.39, 0.29) is 17.6 Å². The van der Waals surface area contributed by atoms with Crippen LogP contribution in [0.4, 0.5) is 5.82 Å². The minimum absolute atomic E-state index is 0.0263. The molecule has 94 valence electrons. The van der Waals surface area contributed by atoms with Crippen molar-refractivity contribution in [3.63, 3.8) is 0 Å². The standard InChI is InChI=1S/C10H17N5O2/c1-7(6-17-3)15(2)10(16)8-4-5-9(12-11)14-13-8/h4-5,7H,6,11H2,1-3H3,(H,12,14). The number of carbonyl (C=O) groups is 1. The molecule has 7 heteroatoms. The Labute approximate surface area is 99.9 Å². The number of nitrogens with one attached hydrogen (secondary N) is 1. The summed E-state index contributed by atoms with van der Waals surface area (Å²) in [6.45, 7) is 2.36. The quantitative estimate of drug-likeness (QED) is 0.549. The fourth-order valence-electron chi connectivity index (χ4n) is 1.26. The van der Waals surface area contributed by atoms with E-state index in [9.17, 15) is 4.79 Å². The molecule has 1 rings (SSSR count). The molecule has 1 heterocycles. The highest BCUT2D eigenvalue weighted by Gasteiger charge is 2.18. The number of nitrogens with zero attached hydrogens (tertiary/aromatic N) is 3. The van der Waals surface area contributed by atoms with Crippen molar-refractivity contribution in [1.29, 1.82) is 0 Å². The summed E-state index contributed by atoms with van der Waals surface area (Å²) < 4.78 is 4.99. The Morgan fingerprint density at radius 1 is 1.59 bits per heavy atom. The number of carbonyl (C=O) groups excluding carboxylic acids is 1. The zero-order chi connectivity index (χ0) is 12.8. The minimum atomic E-state index is -0.203. The number of hydrazine groups is 1. The number of hydrogen-bond acceptors (Lipinski definition) is 6. The molecule has 0 spiro atoms. The maximum absolute atomic E-state index is 12.0. The SMILES string of the molecule is COCC(C)N(C)C(=O)c1ccc(NN)nn1. The first-order chi connectivity index (χ1) is 8.10. The second-order valence-corrected chi connectivity index (χ2v) is 3.67. The number of anilines is 1. The molecule has 3 N–H and O–H groups in total. The van der Waals surface area contributed by atoms with Crippen LogP contribution in [0.1, 0.15) is 17.4 Å². The van der Waals surface area contributed by atoms with Gasteiger partial charge in [0.15, 0.2) is 11.5 Å². The highest BCUT2D eigenvalue weighted by Crippen LogP contribution is 2.05. The van der Waals surface area contributed by atoms with Gasteiger partial charge >= 0.3 is 0 Å². The number of nitrogen functional groups attached to an aromatic ring is 1. The number of hydrogen-bond donors (Lipinski definition) is 2. The van der Waals surface area contributed by atoms with E-state index >= 15 is 0 Å². The van der Waals surface area contributed by atoms with Gasteiger partial charge in [-0.15, -0.1) is 10.2 Å². The average Bonchev–Trinajstić information content (AvgIpc) is 2.37. The van der Waals surface area contributed by atoms with Gasteiger partial charge < -0.3 is 15.1 Å². The summed E-state index contributed by atoms with van der Waals surface area (Å²) in [6.07, 6.45) is 0. The lowest BCUT2D eigenvalue weighted by molar-refractivity contribution is 0.0627. The monoisotopic (exact) mass is 239 g/mol. The molecule has 0 aliphatic carbocycles. The number of nitrogens with two attached hydrogens (primary N) is 1. The smallest absolute Gasteiger partial charge is 0.274 e. The maximum atomic E-state index is 12.0. The van der Waals surface area contributed by atoms with Crippen LogP contribution in [0.2, 0.25) is 0 Å². The van der Waals surface area contributed by atoms with Crippen molar-refractivity contribution in [3.8, 4) is 0 Å². The van der Waals surface area contributed by atoms with Crippen LogP contribution in [0.15, 0.2) is 12.1 Å². The third-order valence-corrected chi connectivity index (χ3v) is 2.42. The van der Waals surface area contributed by atoms with Crippen LogP contribution in [-0.4, -0.2) is 47.8 Å². The fourth-order valence-corrected chi connectivity index (χ4v) is 1.26. The molecule has 17 heavy (non-hydrogen) atoms. The van der Waals surface area contributed by atoms with E-state index in [2.05, 4.69) is 15.6 Å². The van der Waals surface area contributed by atoms with Crippen LogP contribution >= 0.6 is 0 Å². The van der Waals surface area contributed by atoms with Gasteiger partial charge in [-0.2, -0.15) is 0 Å². The normalized spacial score (nSPS) is 12.0. The van der Waals surface area contributed by atoms with Gasteiger partial charge in [-0.05, 0) is 19.1 Å². The van der Waals surface area contributed by atoms with Crippen molar-refractivity contribution in [3.05, 3.63) is 17.8 Å². The van der Waals surface area contributed by atoms with E-state index in [4.69, 9.17) is 10.6 Å². The summed E-state index contributed by atoms with van der Waals surface area (Å²) in [5.41, 5.74) is 2.62. The highest BCUT2D eigenvalue weighted by atomic mass is 16.5. The molecule has 0 aliphatic heterocycles. The van der Waals surface area contributed by atoms with E-state index in [0.29, 0.717) is 12.4 Å². The first-order valence-electron chi connectivity index (χ1n) is 5.16. The van der Waals surface area contributed by atoms with E-state index in [1.807, 2.05) is 6.92 Å².